The summed E-state index contributed by atoms with van der Waals surface area (Å²) >= 11 is 1.34. The van der Waals surface area contributed by atoms with Gasteiger partial charge in [-0.05, 0) is 0 Å². The van der Waals surface area contributed by atoms with Crippen LogP contribution in [-0.2, 0) is 7.05 Å². The summed E-state index contributed by atoms with van der Waals surface area (Å²) in [6.45, 7) is 0. The average Bonchev–Trinajstić information content (AvgIpc) is 2.72. The highest BCUT2D eigenvalue weighted by molar-refractivity contribution is 7.11. The second-order valence-corrected chi connectivity index (χ2v) is 3.48. The van der Waals surface area contributed by atoms with Gasteiger partial charge in [-0.15, -0.1) is 11.3 Å². The second kappa shape index (κ2) is 3.10. The number of ketones is 1. The number of nitrogens with zero attached hydrogens (tertiary/aromatic N) is 3. The van der Waals surface area contributed by atoms with Gasteiger partial charge in [0, 0.05) is 19.4 Å². The van der Waals surface area contributed by atoms with Crippen LogP contribution >= 0.6 is 11.3 Å². The van der Waals surface area contributed by atoms with Gasteiger partial charge in [-0.1, -0.05) is 0 Å². The van der Waals surface area contributed by atoms with Gasteiger partial charge >= 0.3 is 0 Å². The van der Waals surface area contributed by atoms with E-state index in [1.165, 1.54) is 11.3 Å². The molecule has 0 aliphatic rings. The van der Waals surface area contributed by atoms with Gasteiger partial charge < -0.3 is 0 Å². The van der Waals surface area contributed by atoms with Gasteiger partial charge in [-0.3, -0.25) is 14.5 Å². The van der Waals surface area contributed by atoms with Gasteiger partial charge in [0.25, 0.3) is 0 Å². The van der Waals surface area contributed by atoms with Gasteiger partial charge in [-0.25, -0.2) is 0 Å². The first kappa shape index (κ1) is 8.12. The van der Waals surface area contributed by atoms with Crippen molar-refractivity contribution < 1.29 is 4.79 Å². The van der Waals surface area contributed by atoms with Crippen molar-refractivity contribution in [1.82, 2.24) is 14.8 Å². The van der Waals surface area contributed by atoms with Crippen LogP contribution < -0.4 is 0 Å². The van der Waals surface area contributed by atoms with Gasteiger partial charge in [0.1, 0.15) is 0 Å². The van der Waals surface area contributed by atoms with Gasteiger partial charge in [0.15, 0.2) is 0 Å². The van der Waals surface area contributed by atoms with E-state index in [9.17, 15) is 4.79 Å². The molecule has 5 heteroatoms. The molecular weight excluding hydrogens is 186 g/mol. The molecule has 0 aliphatic heterocycles. The van der Waals surface area contributed by atoms with E-state index in [1.54, 1.807) is 35.8 Å². The molecule has 66 valence electrons. The number of aryl methyl sites for hydroxylation is 1. The van der Waals surface area contributed by atoms with Crippen molar-refractivity contribution in [3.05, 3.63) is 34.5 Å². The Hall–Kier alpha value is -1.49. The minimum Gasteiger partial charge on any atom is -0.288 e. The van der Waals surface area contributed by atoms with Crippen molar-refractivity contribution in [1.29, 1.82) is 0 Å². The zero-order valence-electron chi connectivity index (χ0n) is 6.97. The molecule has 0 bridgehead atoms. The van der Waals surface area contributed by atoms with E-state index in [0.29, 0.717) is 10.4 Å². The van der Waals surface area contributed by atoms with Crippen molar-refractivity contribution in [3.8, 4) is 0 Å². The molecule has 0 aliphatic carbocycles. The lowest BCUT2D eigenvalue weighted by Gasteiger charge is -1.89. The topological polar surface area (TPSA) is 47.8 Å². The van der Waals surface area contributed by atoms with Crippen molar-refractivity contribution in [3.63, 3.8) is 0 Å². The maximum atomic E-state index is 11.6. The summed E-state index contributed by atoms with van der Waals surface area (Å²) in [5.74, 6) is -0.0180. The van der Waals surface area contributed by atoms with Crippen LogP contribution in [0.5, 0.6) is 0 Å². The zero-order valence-corrected chi connectivity index (χ0v) is 7.78. The summed E-state index contributed by atoms with van der Waals surface area (Å²) < 4.78 is 1.61. The molecule has 0 fully saturated rings. The lowest BCUT2D eigenvalue weighted by Crippen LogP contribution is -1.96. The van der Waals surface area contributed by atoms with E-state index in [2.05, 4.69) is 10.1 Å². The third-order valence-corrected chi connectivity index (χ3v) is 2.40. The van der Waals surface area contributed by atoms with E-state index < -0.39 is 0 Å². The van der Waals surface area contributed by atoms with Crippen LogP contribution in [0.1, 0.15) is 15.2 Å². The molecule has 0 saturated carbocycles. The standard InChI is InChI=1S/C8H7N3OS/c1-11-4-6(2-10-11)8(12)7-3-9-5-13-7/h2-5H,1H3. The SMILES string of the molecule is Cn1cc(C(=O)c2cncs2)cn1. The fraction of sp³-hybridized carbons (Fsp3) is 0.125. The number of carbonyl (C=O) groups is 1. The molecule has 0 radical (unpaired) electrons. The van der Waals surface area contributed by atoms with Crippen LogP contribution in [0.2, 0.25) is 0 Å². The quantitative estimate of drug-likeness (QED) is 0.671. The maximum absolute atomic E-state index is 11.6. The van der Waals surface area contributed by atoms with Gasteiger partial charge in [0.2, 0.25) is 5.78 Å². The molecular formula is C8H7N3OS. The molecule has 13 heavy (non-hydrogen) atoms. The van der Waals surface area contributed by atoms with Crippen LogP contribution in [0, 0.1) is 0 Å². The first-order valence-electron chi connectivity index (χ1n) is 3.69. The third-order valence-electron chi connectivity index (χ3n) is 1.62. The average molecular weight is 193 g/mol. The molecule has 2 aromatic rings. The Bertz CT molecular complexity index is 418. The van der Waals surface area contributed by atoms with Gasteiger partial charge in [-0.2, -0.15) is 5.10 Å². The van der Waals surface area contributed by atoms with Crippen LogP contribution in [0.15, 0.2) is 24.1 Å². The second-order valence-electron chi connectivity index (χ2n) is 2.60. The summed E-state index contributed by atoms with van der Waals surface area (Å²) in [6, 6.07) is 0. The highest BCUT2D eigenvalue weighted by Gasteiger charge is 2.11. The predicted molar refractivity (Wildman–Crippen MR) is 48.8 cm³/mol. The Kier molecular flexibility index (Phi) is 1.94. The minimum absolute atomic E-state index is 0.0180. The number of hydrogen-bond acceptors (Lipinski definition) is 4. The Morgan fingerprint density at radius 3 is 2.92 bits per heavy atom. The normalized spacial score (nSPS) is 10.2. The molecule has 0 spiro atoms. The minimum atomic E-state index is -0.0180. The van der Waals surface area contributed by atoms with Crippen LogP contribution in [0.3, 0.4) is 0 Å². The Labute approximate surface area is 78.8 Å². The molecule has 0 N–H and O–H groups in total. The maximum Gasteiger partial charge on any atom is 0.207 e. The highest BCUT2D eigenvalue weighted by Crippen LogP contribution is 2.12. The molecule has 0 amide bonds. The number of thiazole rings is 1. The van der Waals surface area contributed by atoms with Crippen LogP contribution in [0.25, 0.3) is 0 Å². The molecule has 0 aromatic carbocycles. The first-order chi connectivity index (χ1) is 6.27. The van der Waals surface area contributed by atoms with Crippen LogP contribution in [0.4, 0.5) is 0 Å². The molecule has 2 rings (SSSR count). The van der Waals surface area contributed by atoms with E-state index in [1.807, 2.05) is 0 Å². The Morgan fingerprint density at radius 2 is 2.38 bits per heavy atom. The monoisotopic (exact) mass is 193 g/mol. The van der Waals surface area contributed by atoms with Crippen molar-refractivity contribution in [2.75, 3.05) is 0 Å². The van der Waals surface area contributed by atoms with E-state index >= 15 is 0 Å². The number of rotatable bonds is 2. The largest absolute Gasteiger partial charge is 0.288 e. The zero-order chi connectivity index (χ0) is 9.26. The fourth-order valence-electron chi connectivity index (χ4n) is 1.01. The van der Waals surface area contributed by atoms with Crippen molar-refractivity contribution in [2.45, 2.75) is 0 Å². The predicted octanol–water partition coefficient (Wildman–Crippen LogP) is 1.11. The number of carbonyl (C=O) groups excluding carboxylic acids is 1. The molecule has 2 heterocycles. The van der Waals surface area contributed by atoms with Crippen molar-refractivity contribution >= 4 is 17.1 Å². The summed E-state index contributed by atoms with van der Waals surface area (Å²) in [6.07, 6.45) is 4.82. The fourth-order valence-corrected chi connectivity index (χ4v) is 1.59. The van der Waals surface area contributed by atoms with E-state index in [4.69, 9.17) is 0 Å². The lowest BCUT2D eigenvalue weighted by atomic mass is 10.2. The van der Waals surface area contributed by atoms with E-state index in [-0.39, 0.29) is 5.78 Å². The summed E-state index contributed by atoms with van der Waals surface area (Å²) in [4.78, 5) is 16.1. The Balaban J connectivity index is 2.33. The molecule has 4 nitrogen and oxygen atoms in total. The Morgan fingerprint density at radius 1 is 1.54 bits per heavy atom. The number of aromatic nitrogens is 3. The summed E-state index contributed by atoms with van der Waals surface area (Å²) in [5.41, 5.74) is 2.25. The van der Waals surface area contributed by atoms with E-state index in [0.717, 1.165) is 0 Å². The number of hydrogen-bond donors (Lipinski definition) is 0. The molecule has 0 unspecified atom stereocenters. The molecule has 0 saturated heterocycles. The van der Waals surface area contributed by atoms with Crippen LogP contribution in [-0.4, -0.2) is 20.5 Å². The lowest BCUT2D eigenvalue weighted by molar-refractivity contribution is 0.104. The molecule has 0 atom stereocenters. The first-order valence-corrected chi connectivity index (χ1v) is 4.57. The highest BCUT2D eigenvalue weighted by atomic mass is 32.1. The summed E-state index contributed by atoms with van der Waals surface area (Å²) in [7, 11) is 1.78. The van der Waals surface area contributed by atoms with Crippen molar-refractivity contribution in [2.24, 2.45) is 7.05 Å². The molecule has 2 aromatic heterocycles. The third kappa shape index (κ3) is 1.50. The smallest absolute Gasteiger partial charge is 0.207 e. The van der Waals surface area contributed by atoms with Gasteiger partial charge in [0.05, 0.1) is 22.1 Å². The summed E-state index contributed by atoms with van der Waals surface area (Å²) in [5, 5.41) is 3.93.